The number of benzene rings is 1. The molecule has 200 valence electrons. The summed E-state index contributed by atoms with van der Waals surface area (Å²) >= 11 is 0. The lowest BCUT2D eigenvalue weighted by Gasteiger charge is -2.26. The summed E-state index contributed by atoms with van der Waals surface area (Å²) in [5.74, 6) is -5.37. The minimum Gasteiger partial charge on any atom is -0.479 e. The number of imide groups is 1. The van der Waals surface area contributed by atoms with Crippen molar-refractivity contribution in [2.24, 2.45) is 11.7 Å². The number of carbonyl (C=O) groups excluding carboxylic acids is 4. The van der Waals surface area contributed by atoms with Gasteiger partial charge >= 0.3 is 5.97 Å². The largest absolute Gasteiger partial charge is 0.479 e. The van der Waals surface area contributed by atoms with Crippen LogP contribution in [0.2, 0.25) is 0 Å². The fourth-order valence-corrected chi connectivity index (χ4v) is 3.98. The highest BCUT2D eigenvalue weighted by Gasteiger charge is 2.35. The zero-order valence-corrected chi connectivity index (χ0v) is 21.7. The maximum absolute atomic E-state index is 13.4. The molecule has 0 saturated heterocycles. The first kappa shape index (κ1) is 31.0. The minimum atomic E-state index is -1.37. The molecule has 9 nitrogen and oxygen atoms in total. The van der Waals surface area contributed by atoms with Crippen LogP contribution in [0.25, 0.3) is 0 Å². The van der Waals surface area contributed by atoms with Gasteiger partial charge in [0.05, 0.1) is 6.04 Å². The van der Waals surface area contributed by atoms with Crippen molar-refractivity contribution in [1.29, 1.82) is 0 Å². The summed E-state index contributed by atoms with van der Waals surface area (Å²) in [6.07, 6.45) is 6.78. The van der Waals surface area contributed by atoms with Gasteiger partial charge in [0.25, 0.3) is 5.91 Å². The number of carbonyl (C=O) groups is 5. The van der Waals surface area contributed by atoms with E-state index in [1.807, 2.05) is 13.8 Å². The summed E-state index contributed by atoms with van der Waals surface area (Å²) in [6, 6.07) is 5.63. The summed E-state index contributed by atoms with van der Waals surface area (Å²) in [7, 11) is 0. The van der Waals surface area contributed by atoms with Crippen molar-refractivity contribution in [3.63, 3.8) is 0 Å². The van der Waals surface area contributed by atoms with Crippen molar-refractivity contribution < 1.29 is 29.1 Å². The lowest BCUT2D eigenvalue weighted by atomic mass is 9.96. The second-order valence-corrected chi connectivity index (χ2v) is 9.05. The van der Waals surface area contributed by atoms with Gasteiger partial charge in [-0.2, -0.15) is 0 Å². The van der Waals surface area contributed by atoms with E-state index in [4.69, 9.17) is 5.73 Å². The first-order chi connectivity index (χ1) is 17.2. The number of aliphatic carboxylic acids is 1. The first-order valence-corrected chi connectivity index (χ1v) is 12.9. The molecule has 3 atom stereocenters. The van der Waals surface area contributed by atoms with Crippen LogP contribution in [-0.4, -0.2) is 52.1 Å². The summed E-state index contributed by atoms with van der Waals surface area (Å²) in [5.41, 5.74) is 6.18. The van der Waals surface area contributed by atoms with Crippen LogP contribution in [0.4, 0.5) is 0 Å². The maximum atomic E-state index is 13.4. The van der Waals surface area contributed by atoms with Crippen LogP contribution in [0.5, 0.6) is 0 Å². The molecule has 4 N–H and O–H groups in total. The first-order valence-electron chi connectivity index (χ1n) is 12.9. The van der Waals surface area contributed by atoms with E-state index in [9.17, 15) is 29.1 Å². The van der Waals surface area contributed by atoms with Crippen molar-refractivity contribution in [3.8, 4) is 0 Å². The van der Waals surface area contributed by atoms with E-state index in [1.165, 1.54) is 0 Å². The van der Waals surface area contributed by atoms with Crippen molar-refractivity contribution >= 4 is 29.5 Å². The van der Waals surface area contributed by atoms with Crippen LogP contribution in [0.3, 0.4) is 0 Å². The fraction of sp³-hybridized carbons (Fsp3) is 0.593. The van der Waals surface area contributed by atoms with E-state index >= 15 is 0 Å². The van der Waals surface area contributed by atoms with Crippen LogP contribution in [0.15, 0.2) is 30.3 Å². The van der Waals surface area contributed by atoms with Crippen molar-refractivity contribution in [3.05, 3.63) is 35.9 Å². The van der Waals surface area contributed by atoms with Crippen LogP contribution < -0.4 is 11.1 Å². The number of Topliss-reactive ketones (excluding diaryl/α,β-unsaturated/α-hetero) is 1. The molecular formula is C27H41N3O6. The third-order valence-electron chi connectivity index (χ3n) is 6.14. The van der Waals surface area contributed by atoms with E-state index in [0.717, 1.165) is 32.1 Å². The zero-order valence-electron chi connectivity index (χ0n) is 21.7. The molecule has 0 bridgehead atoms. The summed E-state index contributed by atoms with van der Waals surface area (Å²) in [5, 5.41) is 12.0. The second kappa shape index (κ2) is 16.6. The molecule has 0 spiro atoms. The second-order valence-electron chi connectivity index (χ2n) is 9.05. The Hall–Kier alpha value is -3.07. The fourth-order valence-electron chi connectivity index (χ4n) is 3.98. The molecule has 0 aliphatic rings. The molecule has 1 rings (SSSR count). The Bertz CT molecular complexity index is 874. The number of carboxylic acids is 1. The Morgan fingerprint density at radius 1 is 0.917 bits per heavy atom. The minimum absolute atomic E-state index is 0.266. The third-order valence-corrected chi connectivity index (χ3v) is 6.14. The third kappa shape index (κ3) is 9.89. The number of hydrogen-bond donors (Lipinski definition) is 3. The highest BCUT2D eigenvalue weighted by atomic mass is 16.4. The summed E-state index contributed by atoms with van der Waals surface area (Å²) < 4.78 is 0. The summed E-state index contributed by atoms with van der Waals surface area (Å²) in [4.78, 5) is 64.3. The number of carboxylic acid groups (broad SMARTS) is 1. The quantitative estimate of drug-likeness (QED) is 0.218. The molecule has 0 saturated carbocycles. The van der Waals surface area contributed by atoms with E-state index in [2.05, 4.69) is 12.2 Å². The molecule has 0 aliphatic carbocycles. The van der Waals surface area contributed by atoms with Gasteiger partial charge in [0.1, 0.15) is 6.54 Å². The topological polar surface area (TPSA) is 147 Å². The molecule has 0 fully saturated rings. The Balaban J connectivity index is 3.09. The van der Waals surface area contributed by atoms with Crippen LogP contribution >= 0.6 is 0 Å². The molecule has 1 aromatic rings. The monoisotopic (exact) mass is 503 g/mol. The molecular weight excluding hydrogens is 462 g/mol. The Kier molecular flexibility index (Phi) is 14.3. The lowest BCUT2D eigenvalue weighted by molar-refractivity contribution is -0.156. The smallest absolute Gasteiger partial charge is 0.330 e. The standard InChI is InChI=1S/C27H41N3O6/c1-4-7-8-9-11-15-19(6-3)25(33)30(26(34)24(32)21(28)14-5-2)18-22(31)29-23(27(35)36)20-16-12-10-13-17-20/h10,12-13,16-17,19,21,23H,4-9,11,14-15,18,28H2,1-3H3,(H,29,31)(H,35,36). The highest BCUT2D eigenvalue weighted by molar-refractivity contribution is 6.40. The number of hydrogen-bond acceptors (Lipinski definition) is 6. The molecule has 0 aliphatic heterocycles. The van der Waals surface area contributed by atoms with Gasteiger partial charge in [0, 0.05) is 5.92 Å². The Morgan fingerprint density at radius 3 is 2.11 bits per heavy atom. The van der Waals surface area contributed by atoms with Gasteiger partial charge in [-0.3, -0.25) is 24.1 Å². The van der Waals surface area contributed by atoms with Gasteiger partial charge in [-0.15, -0.1) is 0 Å². The number of nitrogens with one attached hydrogen (secondary N) is 1. The van der Waals surface area contributed by atoms with E-state index < -0.39 is 54.0 Å². The predicted molar refractivity (Wildman–Crippen MR) is 137 cm³/mol. The number of rotatable bonds is 17. The molecule has 0 heterocycles. The molecule has 3 amide bonds. The number of amides is 3. The van der Waals surface area contributed by atoms with E-state index in [0.29, 0.717) is 29.7 Å². The number of ketones is 1. The van der Waals surface area contributed by atoms with Crippen LogP contribution in [0, 0.1) is 5.92 Å². The average Bonchev–Trinajstić information content (AvgIpc) is 2.87. The normalized spacial score (nSPS) is 13.3. The van der Waals surface area contributed by atoms with Crippen molar-refractivity contribution in [1.82, 2.24) is 10.2 Å². The lowest BCUT2D eigenvalue weighted by Crippen LogP contribution is -2.52. The van der Waals surface area contributed by atoms with E-state index in [1.54, 1.807) is 30.3 Å². The molecule has 0 aromatic heterocycles. The van der Waals surface area contributed by atoms with Gasteiger partial charge in [-0.25, -0.2) is 4.79 Å². The molecule has 3 unspecified atom stereocenters. The SMILES string of the molecule is CCCCCCCC(CC)C(=O)N(CC(=O)NC(C(=O)O)c1ccccc1)C(=O)C(=O)C(N)CCC. The van der Waals surface area contributed by atoms with Gasteiger partial charge in [0.2, 0.25) is 17.6 Å². The summed E-state index contributed by atoms with van der Waals surface area (Å²) in [6.45, 7) is 4.98. The average molecular weight is 504 g/mol. The highest BCUT2D eigenvalue weighted by Crippen LogP contribution is 2.19. The Morgan fingerprint density at radius 2 is 1.56 bits per heavy atom. The van der Waals surface area contributed by atoms with Gasteiger partial charge in [0.15, 0.2) is 6.04 Å². The maximum Gasteiger partial charge on any atom is 0.330 e. The molecule has 36 heavy (non-hydrogen) atoms. The van der Waals surface area contributed by atoms with Crippen LogP contribution in [0.1, 0.15) is 90.2 Å². The van der Waals surface area contributed by atoms with Gasteiger partial charge in [-0.1, -0.05) is 89.6 Å². The number of nitrogens with two attached hydrogens (primary N) is 1. The van der Waals surface area contributed by atoms with Gasteiger partial charge < -0.3 is 16.2 Å². The van der Waals surface area contributed by atoms with Crippen LogP contribution in [-0.2, 0) is 24.0 Å². The van der Waals surface area contributed by atoms with Crippen molar-refractivity contribution in [2.45, 2.75) is 90.6 Å². The molecule has 9 heteroatoms. The molecule has 1 aromatic carbocycles. The predicted octanol–water partition coefficient (Wildman–Crippen LogP) is 3.37. The zero-order chi connectivity index (χ0) is 27.1. The van der Waals surface area contributed by atoms with E-state index in [-0.39, 0.29) is 6.42 Å². The van der Waals surface area contributed by atoms with Gasteiger partial charge in [-0.05, 0) is 24.8 Å². The Labute approximate surface area is 213 Å². The molecule has 0 radical (unpaired) electrons. The van der Waals surface area contributed by atoms with Crippen molar-refractivity contribution in [2.75, 3.05) is 6.54 Å². The number of unbranched alkanes of at least 4 members (excludes halogenated alkanes) is 4. The number of nitrogens with zero attached hydrogens (tertiary/aromatic N) is 1.